The molecule has 2 fully saturated rings. The largest absolute Gasteiger partial charge is 0.503 e. The summed E-state index contributed by atoms with van der Waals surface area (Å²) in [5.74, 6) is -1.25. The number of halogens is 3. The minimum atomic E-state index is -4.45. The van der Waals surface area contributed by atoms with Crippen molar-refractivity contribution in [1.82, 2.24) is 15.1 Å². The zero-order valence-electron chi connectivity index (χ0n) is 16.9. The highest BCUT2D eigenvalue weighted by molar-refractivity contribution is 5.92. The van der Waals surface area contributed by atoms with E-state index in [2.05, 4.69) is 10.4 Å². The second-order valence-electron chi connectivity index (χ2n) is 8.56. The standard InChI is InChI=1S/C22H24F3N3O3/c23-22(24,25)15-6-3-5-14(11-15)21(9-1-2-10-21)13-28-12-17(29)19(30)18(27-28)20(31)26-16-7-4-8-16/h3,5-6,11-12,16,29H,1-2,4,7-10,13H2,(H,26,31). The van der Waals surface area contributed by atoms with Gasteiger partial charge in [-0.05, 0) is 43.7 Å². The maximum Gasteiger partial charge on any atom is 0.416 e. The second-order valence-corrected chi connectivity index (χ2v) is 8.56. The van der Waals surface area contributed by atoms with Gasteiger partial charge in [-0.2, -0.15) is 18.3 Å². The molecule has 2 aliphatic carbocycles. The van der Waals surface area contributed by atoms with Gasteiger partial charge in [-0.3, -0.25) is 14.3 Å². The third-order valence-corrected chi connectivity index (χ3v) is 6.43. The minimum absolute atomic E-state index is 0.00391. The number of amides is 1. The zero-order valence-corrected chi connectivity index (χ0v) is 16.9. The molecule has 0 spiro atoms. The average Bonchev–Trinajstić information content (AvgIpc) is 3.16. The van der Waals surface area contributed by atoms with Gasteiger partial charge >= 0.3 is 6.18 Å². The number of hydrogen-bond donors (Lipinski definition) is 2. The third kappa shape index (κ3) is 4.31. The SMILES string of the molecule is O=C(NC1CCC1)c1nn(CC2(c3cccc(C(F)(F)F)c3)CCCC2)cc(O)c1=O. The van der Waals surface area contributed by atoms with Gasteiger partial charge in [0.2, 0.25) is 0 Å². The van der Waals surface area contributed by atoms with E-state index in [1.165, 1.54) is 10.7 Å². The van der Waals surface area contributed by atoms with Crippen LogP contribution in [0.15, 0.2) is 35.3 Å². The number of carbonyl (C=O) groups is 1. The zero-order chi connectivity index (χ0) is 22.2. The van der Waals surface area contributed by atoms with E-state index in [1.807, 2.05) is 0 Å². The highest BCUT2D eigenvalue weighted by Gasteiger charge is 2.39. The average molecular weight is 435 g/mol. The molecule has 166 valence electrons. The molecule has 6 nitrogen and oxygen atoms in total. The van der Waals surface area contributed by atoms with Gasteiger partial charge < -0.3 is 10.4 Å². The molecule has 1 aromatic carbocycles. The maximum atomic E-state index is 13.3. The Balaban J connectivity index is 1.67. The maximum absolute atomic E-state index is 13.3. The number of nitrogens with zero attached hydrogens (tertiary/aromatic N) is 2. The van der Waals surface area contributed by atoms with Crippen LogP contribution < -0.4 is 10.7 Å². The summed E-state index contributed by atoms with van der Waals surface area (Å²) in [5.41, 5.74) is -2.05. The van der Waals surface area contributed by atoms with Crippen LogP contribution in [-0.2, 0) is 18.1 Å². The molecule has 0 radical (unpaired) electrons. The third-order valence-electron chi connectivity index (χ3n) is 6.43. The molecule has 0 saturated heterocycles. The first-order valence-corrected chi connectivity index (χ1v) is 10.5. The lowest BCUT2D eigenvalue weighted by atomic mass is 9.78. The molecule has 2 aromatic rings. The summed E-state index contributed by atoms with van der Waals surface area (Å²) in [6, 6.07) is 5.27. The smallest absolute Gasteiger partial charge is 0.416 e. The minimum Gasteiger partial charge on any atom is -0.503 e. The van der Waals surface area contributed by atoms with Gasteiger partial charge in [-0.1, -0.05) is 31.0 Å². The van der Waals surface area contributed by atoms with Gasteiger partial charge in [-0.25, -0.2) is 0 Å². The Bertz CT molecular complexity index is 1040. The van der Waals surface area contributed by atoms with Crippen LogP contribution in [0.5, 0.6) is 5.75 Å². The summed E-state index contributed by atoms with van der Waals surface area (Å²) >= 11 is 0. The first-order chi connectivity index (χ1) is 14.7. The molecule has 0 unspecified atom stereocenters. The lowest BCUT2D eigenvalue weighted by Gasteiger charge is -2.31. The molecule has 1 aromatic heterocycles. The summed E-state index contributed by atoms with van der Waals surface area (Å²) in [6.07, 6.45) is 2.34. The fourth-order valence-corrected chi connectivity index (χ4v) is 4.49. The Morgan fingerprint density at radius 1 is 1.23 bits per heavy atom. The van der Waals surface area contributed by atoms with E-state index in [4.69, 9.17) is 0 Å². The molecule has 31 heavy (non-hydrogen) atoms. The number of hydrogen-bond acceptors (Lipinski definition) is 4. The van der Waals surface area contributed by atoms with Crippen molar-refractivity contribution in [2.24, 2.45) is 0 Å². The van der Waals surface area contributed by atoms with Crippen LogP contribution in [-0.4, -0.2) is 26.8 Å². The van der Waals surface area contributed by atoms with Crippen molar-refractivity contribution in [2.75, 3.05) is 0 Å². The van der Waals surface area contributed by atoms with E-state index < -0.39 is 39.9 Å². The summed E-state index contributed by atoms with van der Waals surface area (Å²) in [5, 5.41) is 17.0. The first-order valence-electron chi connectivity index (χ1n) is 10.5. The van der Waals surface area contributed by atoms with Crippen molar-refractivity contribution in [1.29, 1.82) is 0 Å². The highest BCUT2D eigenvalue weighted by atomic mass is 19.4. The molecular formula is C22H24F3N3O3. The number of aromatic hydroxyl groups is 1. The van der Waals surface area contributed by atoms with E-state index >= 15 is 0 Å². The van der Waals surface area contributed by atoms with Crippen LogP contribution >= 0.6 is 0 Å². The molecular weight excluding hydrogens is 411 g/mol. The van der Waals surface area contributed by atoms with Crippen molar-refractivity contribution in [3.63, 3.8) is 0 Å². The van der Waals surface area contributed by atoms with Gasteiger partial charge in [0, 0.05) is 11.5 Å². The van der Waals surface area contributed by atoms with Crippen molar-refractivity contribution in [3.05, 3.63) is 57.5 Å². The Kier molecular flexibility index (Phi) is 5.53. The summed E-state index contributed by atoms with van der Waals surface area (Å²) in [4.78, 5) is 24.8. The van der Waals surface area contributed by atoms with Crippen molar-refractivity contribution >= 4 is 5.91 Å². The topological polar surface area (TPSA) is 84.2 Å². The fourth-order valence-electron chi connectivity index (χ4n) is 4.49. The van der Waals surface area contributed by atoms with Crippen LogP contribution in [0.4, 0.5) is 13.2 Å². The Hall–Kier alpha value is -2.84. The molecule has 0 atom stereocenters. The quantitative estimate of drug-likeness (QED) is 0.749. The van der Waals surface area contributed by atoms with Gasteiger partial charge in [0.05, 0.1) is 18.3 Å². The molecule has 0 bridgehead atoms. The van der Waals surface area contributed by atoms with Gasteiger partial charge in [0.1, 0.15) is 0 Å². The summed E-state index contributed by atoms with van der Waals surface area (Å²) < 4.78 is 41.1. The number of carbonyl (C=O) groups excluding carboxylic acids is 1. The normalized spacial score (nSPS) is 18.5. The monoisotopic (exact) mass is 435 g/mol. The molecule has 4 rings (SSSR count). The summed E-state index contributed by atoms with van der Waals surface area (Å²) in [6.45, 7) is 0.159. The highest BCUT2D eigenvalue weighted by Crippen LogP contribution is 2.44. The number of benzene rings is 1. The van der Waals surface area contributed by atoms with Crippen LogP contribution in [0.25, 0.3) is 0 Å². The predicted molar refractivity (Wildman–Crippen MR) is 107 cm³/mol. The number of alkyl halides is 3. The molecule has 0 aliphatic heterocycles. The van der Waals surface area contributed by atoms with Crippen molar-refractivity contribution < 1.29 is 23.1 Å². The predicted octanol–water partition coefficient (Wildman–Crippen LogP) is 3.76. The molecule has 9 heteroatoms. The number of rotatable bonds is 5. The van der Waals surface area contributed by atoms with E-state index in [0.717, 1.165) is 50.4 Å². The van der Waals surface area contributed by atoms with Crippen molar-refractivity contribution in [2.45, 2.75) is 69.1 Å². The van der Waals surface area contributed by atoms with E-state index in [-0.39, 0.29) is 12.6 Å². The second kappa shape index (κ2) is 8.01. The molecule has 2 saturated carbocycles. The van der Waals surface area contributed by atoms with Crippen LogP contribution in [0, 0.1) is 0 Å². The Morgan fingerprint density at radius 2 is 1.94 bits per heavy atom. The van der Waals surface area contributed by atoms with Gasteiger partial charge in [-0.15, -0.1) is 0 Å². The van der Waals surface area contributed by atoms with E-state index in [1.54, 1.807) is 6.07 Å². The number of nitrogens with one attached hydrogen (secondary N) is 1. The van der Waals surface area contributed by atoms with E-state index in [0.29, 0.717) is 18.4 Å². The Morgan fingerprint density at radius 3 is 2.55 bits per heavy atom. The van der Waals surface area contributed by atoms with Gasteiger partial charge in [0.25, 0.3) is 11.3 Å². The van der Waals surface area contributed by atoms with Crippen LogP contribution in [0.2, 0.25) is 0 Å². The van der Waals surface area contributed by atoms with Crippen LogP contribution in [0.3, 0.4) is 0 Å². The number of aromatic nitrogens is 2. The Labute approximate surface area is 177 Å². The molecule has 1 amide bonds. The lowest BCUT2D eigenvalue weighted by Crippen LogP contribution is -2.42. The van der Waals surface area contributed by atoms with Crippen molar-refractivity contribution in [3.8, 4) is 5.75 Å². The lowest BCUT2D eigenvalue weighted by molar-refractivity contribution is -0.137. The van der Waals surface area contributed by atoms with Crippen LogP contribution in [0.1, 0.15) is 66.6 Å². The molecule has 2 N–H and O–H groups in total. The first kappa shape index (κ1) is 21.4. The molecule has 1 heterocycles. The van der Waals surface area contributed by atoms with Gasteiger partial charge in [0.15, 0.2) is 11.4 Å². The summed E-state index contributed by atoms with van der Waals surface area (Å²) in [7, 11) is 0. The van der Waals surface area contributed by atoms with E-state index in [9.17, 15) is 27.9 Å². The fraction of sp³-hybridized carbons (Fsp3) is 0.500. The molecule has 2 aliphatic rings.